The molecule has 7 nitrogen and oxygen atoms in total. The van der Waals surface area contributed by atoms with Crippen molar-refractivity contribution in [1.29, 1.82) is 0 Å². The maximum absolute atomic E-state index is 13.4. The Morgan fingerprint density at radius 1 is 1.03 bits per heavy atom. The number of rotatable bonds is 9. The first kappa shape index (κ1) is 31.0. The van der Waals surface area contributed by atoms with E-state index in [9.17, 15) is 32.7 Å². The summed E-state index contributed by atoms with van der Waals surface area (Å²) < 4.78 is 40.1. The molecule has 0 fully saturated rings. The molecule has 1 heterocycles. The number of hydrogen-bond donors (Lipinski definition) is 2. The number of aryl methyl sites for hydroxylation is 1. The quantitative estimate of drug-likeness (QED) is 0.393. The van der Waals surface area contributed by atoms with E-state index < -0.39 is 41.1 Å². The van der Waals surface area contributed by atoms with Crippen LogP contribution < -0.4 is 34.6 Å². The van der Waals surface area contributed by atoms with Crippen LogP contribution in [0.3, 0.4) is 0 Å². The van der Waals surface area contributed by atoms with Gasteiger partial charge in [0.2, 0.25) is 0 Å². The number of pyridine rings is 1. The smallest absolute Gasteiger partial charge is 0.548 e. The van der Waals surface area contributed by atoms with Gasteiger partial charge in [0.05, 0.1) is 23.1 Å². The molecule has 3 aromatic rings. The second kappa shape index (κ2) is 13.5. The van der Waals surface area contributed by atoms with Crippen LogP contribution in [0.2, 0.25) is 0 Å². The summed E-state index contributed by atoms with van der Waals surface area (Å²) in [5.41, 5.74) is 0.238. The van der Waals surface area contributed by atoms with Crippen molar-refractivity contribution in [2.24, 2.45) is 0 Å². The standard InChI is InChI=1S/C26H24F3N3O4S.Li/c1-15-5-3-4-6-17(15)19-13-16(31-24(34)20-14-30-11-9-21(20)26(27,28)29)7-8-18(19)23(33)32-22(25(35)36)10-12-37-2;/h3-9,11,13-14,22H,10,12H2,1-2H3,(H,31,34)(H,32,33)(H,35,36);/q;+1/p-1/t22-;/m0./s1. The van der Waals surface area contributed by atoms with Gasteiger partial charge in [0, 0.05) is 23.6 Å². The van der Waals surface area contributed by atoms with E-state index >= 15 is 0 Å². The summed E-state index contributed by atoms with van der Waals surface area (Å²) in [4.78, 5) is 41.0. The van der Waals surface area contributed by atoms with Crippen LogP contribution in [0.1, 0.15) is 38.3 Å². The summed E-state index contributed by atoms with van der Waals surface area (Å²) in [5, 5.41) is 16.4. The van der Waals surface area contributed by atoms with E-state index in [2.05, 4.69) is 15.6 Å². The van der Waals surface area contributed by atoms with Crippen molar-refractivity contribution in [1.82, 2.24) is 10.3 Å². The van der Waals surface area contributed by atoms with E-state index in [1.807, 2.05) is 0 Å². The molecule has 1 atom stereocenters. The number of nitrogens with one attached hydrogen (secondary N) is 2. The summed E-state index contributed by atoms with van der Waals surface area (Å²) >= 11 is 1.42. The third kappa shape index (κ3) is 7.63. The molecule has 194 valence electrons. The van der Waals surface area contributed by atoms with E-state index in [1.54, 1.807) is 37.4 Å². The van der Waals surface area contributed by atoms with Gasteiger partial charge in [0.1, 0.15) is 0 Å². The van der Waals surface area contributed by atoms with Crippen molar-refractivity contribution in [2.45, 2.75) is 25.6 Å². The van der Waals surface area contributed by atoms with Gasteiger partial charge in [-0.15, -0.1) is 0 Å². The number of carbonyl (C=O) groups is 3. The van der Waals surface area contributed by atoms with Crippen LogP contribution in [0.4, 0.5) is 18.9 Å². The molecule has 0 saturated carbocycles. The summed E-state index contributed by atoms with van der Waals surface area (Å²) in [6.07, 6.45) is -1.01. The van der Waals surface area contributed by atoms with Crippen LogP contribution >= 0.6 is 11.8 Å². The molecule has 0 bridgehead atoms. The number of hydrogen-bond acceptors (Lipinski definition) is 6. The summed E-state index contributed by atoms with van der Waals surface area (Å²) in [5.74, 6) is -2.62. The molecule has 2 amide bonds. The predicted octanol–water partition coefficient (Wildman–Crippen LogP) is 0.934. The number of benzene rings is 2. The van der Waals surface area contributed by atoms with Crippen LogP contribution in [0.25, 0.3) is 11.1 Å². The molecule has 2 aromatic carbocycles. The van der Waals surface area contributed by atoms with Gasteiger partial charge in [-0.2, -0.15) is 24.9 Å². The minimum Gasteiger partial charge on any atom is -0.548 e. The zero-order chi connectivity index (χ0) is 27.2. The third-order valence-corrected chi connectivity index (χ3v) is 6.17. The molecule has 0 aliphatic rings. The van der Waals surface area contributed by atoms with Crippen molar-refractivity contribution >= 4 is 35.2 Å². The largest absolute Gasteiger partial charge is 1.00 e. The Labute approximate surface area is 233 Å². The Hall–Kier alpha value is -3.26. The molecule has 0 aliphatic carbocycles. The molecule has 0 radical (unpaired) electrons. The number of aliphatic carboxylic acids is 1. The second-order valence-corrected chi connectivity index (χ2v) is 9.06. The molecule has 3 rings (SSSR count). The first-order chi connectivity index (χ1) is 17.5. The second-order valence-electron chi connectivity index (χ2n) is 8.07. The average Bonchev–Trinajstić information content (AvgIpc) is 2.86. The molecular formula is C26H23F3LiN3O4S. The fraction of sp³-hybridized carbons (Fsp3) is 0.231. The van der Waals surface area contributed by atoms with E-state index in [-0.39, 0.29) is 36.5 Å². The molecule has 1 aromatic heterocycles. The number of halogens is 3. The number of thioether (sulfide) groups is 1. The maximum Gasteiger partial charge on any atom is 1.00 e. The zero-order valence-corrected chi connectivity index (χ0v) is 21.7. The number of carboxylic acid groups (broad SMARTS) is 1. The van der Waals surface area contributed by atoms with Crippen LogP contribution in [0.15, 0.2) is 60.9 Å². The van der Waals surface area contributed by atoms with Gasteiger partial charge in [-0.3, -0.25) is 14.6 Å². The van der Waals surface area contributed by atoms with E-state index in [0.717, 1.165) is 18.0 Å². The maximum atomic E-state index is 13.4. The fourth-order valence-electron chi connectivity index (χ4n) is 3.66. The van der Waals surface area contributed by atoms with Crippen LogP contribution in [-0.2, 0) is 11.0 Å². The van der Waals surface area contributed by atoms with Crippen molar-refractivity contribution in [2.75, 3.05) is 17.3 Å². The van der Waals surface area contributed by atoms with Gasteiger partial charge < -0.3 is 20.5 Å². The predicted molar refractivity (Wildman–Crippen MR) is 133 cm³/mol. The summed E-state index contributed by atoms with van der Waals surface area (Å²) in [7, 11) is 0. The Balaban J connectivity index is 0.00000507. The van der Waals surface area contributed by atoms with Crippen molar-refractivity contribution < 1.29 is 51.5 Å². The van der Waals surface area contributed by atoms with Gasteiger partial charge in [0.25, 0.3) is 11.8 Å². The Kier molecular flexibility index (Phi) is 11.0. The van der Waals surface area contributed by atoms with Crippen LogP contribution in [0, 0.1) is 6.92 Å². The van der Waals surface area contributed by atoms with Gasteiger partial charge in [-0.05, 0) is 66.3 Å². The molecule has 0 spiro atoms. The molecular weight excluding hydrogens is 514 g/mol. The molecule has 38 heavy (non-hydrogen) atoms. The number of amides is 2. The van der Waals surface area contributed by atoms with Gasteiger partial charge >= 0.3 is 25.0 Å². The summed E-state index contributed by atoms with van der Waals surface area (Å²) in [6, 6.07) is 10.8. The van der Waals surface area contributed by atoms with Gasteiger partial charge in [-0.1, -0.05) is 24.3 Å². The SMILES string of the molecule is CSCC[C@H](NC(=O)c1ccc(NC(=O)c2cnccc2C(F)(F)F)cc1-c1ccccc1C)C(=O)[O-].[Li+]. The molecule has 0 aliphatic heterocycles. The van der Waals surface area contributed by atoms with Crippen LogP contribution in [-0.4, -0.2) is 40.8 Å². The number of carboxylic acids is 1. The minimum atomic E-state index is -4.75. The molecule has 0 unspecified atom stereocenters. The van der Waals surface area contributed by atoms with E-state index in [4.69, 9.17) is 0 Å². The molecule has 0 saturated heterocycles. The number of carbonyl (C=O) groups excluding carboxylic acids is 3. The van der Waals surface area contributed by atoms with E-state index in [1.165, 1.54) is 30.0 Å². The summed E-state index contributed by atoms with van der Waals surface area (Å²) in [6.45, 7) is 1.80. The number of aromatic nitrogens is 1. The first-order valence-corrected chi connectivity index (χ1v) is 12.5. The third-order valence-electron chi connectivity index (χ3n) is 5.53. The van der Waals surface area contributed by atoms with Crippen molar-refractivity contribution in [3.8, 4) is 11.1 Å². The van der Waals surface area contributed by atoms with Crippen molar-refractivity contribution in [3.63, 3.8) is 0 Å². The normalized spacial score (nSPS) is 11.7. The fourth-order valence-corrected chi connectivity index (χ4v) is 4.13. The van der Waals surface area contributed by atoms with Gasteiger partial charge in [-0.25, -0.2) is 0 Å². The Morgan fingerprint density at radius 3 is 2.37 bits per heavy atom. The Morgan fingerprint density at radius 2 is 1.74 bits per heavy atom. The minimum absolute atomic E-state index is 0. The van der Waals surface area contributed by atoms with Crippen LogP contribution in [0.5, 0.6) is 0 Å². The first-order valence-electron chi connectivity index (χ1n) is 11.1. The molecule has 2 N–H and O–H groups in total. The topological polar surface area (TPSA) is 111 Å². The molecule has 12 heteroatoms. The Bertz CT molecular complexity index is 1320. The average molecular weight is 537 g/mol. The number of anilines is 1. The number of nitrogens with zero attached hydrogens (tertiary/aromatic N) is 1. The van der Waals surface area contributed by atoms with Crippen molar-refractivity contribution in [3.05, 3.63) is 83.2 Å². The monoisotopic (exact) mass is 537 g/mol. The number of alkyl halides is 3. The zero-order valence-electron chi connectivity index (χ0n) is 20.9. The van der Waals surface area contributed by atoms with Gasteiger partial charge in [0.15, 0.2) is 0 Å². The van der Waals surface area contributed by atoms with E-state index in [0.29, 0.717) is 22.9 Å².